The van der Waals surface area contributed by atoms with Gasteiger partial charge in [0.1, 0.15) is 5.75 Å². The summed E-state index contributed by atoms with van der Waals surface area (Å²) >= 11 is 0. The smallest absolute Gasteiger partial charge is 0.115 e. The van der Waals surface area contributed by atoms with Crippen LogP contribution >= 0.6 is 0 Å². The zero-order valence-corrected chi connectivity index (χ0v) is 10.6. The molecule has 92 valence electrons. The summed E-state index contributed by atoms with van der Waals surface area (Å²) in [5.74, 6) is 0.881. The molecule has 0 aromatic heterocycles. The summed E-state index contributed by atoms with van der Waals surface area (Å²) in [6, 6.07) is 9.44. The molecule has 0 aliphatic carbocycles. The van der Waals surface area contributed by atoms with Crippen LogP contribution in [0.2, 0.25) is 0 Å². The number of benzene rings is 1. The van der Waals surface area contributed by atoms with Crippen molar-refractivity contribution < 1.29 is 5.11 Å². The van der Waals surface area contributed by atoms with Gasteiger partial charge in [-0.15, -0.1) is 0 Å². The largest absolute Gasteiger partial charge is 0.508 e. The van der Waals surface area contributed by atoms with Crippen molar-refractivity contribution in [2.24, 2.45) is 5.92 Å². The van der Waals surface area contributed by atoms with Gasteiger partial charge in [-0.1, -0.05) is 26.0 Å². The average Bonchev–Trinajstić information content (AvgIpc) is 2.28. The van der Waals surface area contributed by atoms with Crippen LogP contribution in [0.4, 0.5) is 0 Å². The summed E-state index contributed by atoms with van der Waals surface area (Å²) in [4.78, 5) is 2.28. The van der Waals surface area contributed by atoms with E-state index in [2.05, 4.69) is 24.8 Å². The Labute approximate surface area is 103 Å². The first-order valence-electron chi connectivity index (χ1n) is 5.99. The fraction of sp³-hybridized carbons (Fsp3) is 0.500. The second-order valence-corrected chi connectivity index (χ2v) is 4.70. The van der Waals surface area contributed by atoms with Crippen LogP contribution in [0.3, 0.4) is 0 Å². The van der Waals surface area contributed by atoms with Crippen molar-refractivity contribution in [2.75, 3.05) is 13.1 Å². The number of phenolic OH excluding ortho intramolecular Hbond substituents is 1. The van der Waals surface area contributed by atoms with Crippen LogP contribution in [0, 0.1) is 17.2 Å². The third kappa shape index (κ3) is 5.37. The van der Waals surface area contributed by atoms with Gasteiger partial charge in [0, 0.05) is 26.1 Å². The second kappa shape index (κ2) is 6.93. The number of nitriles is 1. The minimum Gasteiger partial charge on any atom is -0.508 e. The molecule has 0 spiro atoms. The van der Waals surface area contributed by atoms with E-state index in [0.29, 0.717) is 18.1 Å². The molecule has 3 nitrogen and oxygen atoms in total. The maximum Gasteiger partial charge on any atom is 0.115 e. The van der Waals surface area contributed by atoms with Crippen LogP contribution in [0.15, 0.2) is 24.3 Å². The molecule has 0 bridgehead atoms. The van der Waals surface area contributed by atoms with Crippen molar-refractivity contribution in [1.82, 2.24) is 4.90 Å². The van der Waals surface area contributed by atoms with E-state index in [4.69, 9.17) is 5.26 Å². The Balaban J connectivity index is 2.58. The number of hydrogen-bond acceptors (Lipinski definition) is 3. The van der Waals surface area contributed by atoms with Gasteiger partial charge in [-0.05, 0) is 23.6 Å². The Morgan fingerprint density at radius 3 is 2.47 bits per heavy atom. The second-order valence-electron chi connectivity index (χ2n) is 4.70. The van der Waals surface area contributed by atoms with Crippen molar-refractivity contribution >= 4 is 0 Å². The molecule has 0 aliphatic heterocycles. The predicted octanol–water partition coefficient (Wildman–Crippen LogP) is 2.76. The zero-order valence-electron chi connectivity index (χ0n) is 10.6. The molecular weight excluding hydrogens is 212 g/mol. The molecule has 1 rings (SSSR count). The van der Waals surface area contributed by atoms with Crippen LogP contribution in [0.25, 0.3) is 0 Å². The first kappa shape index (κ1) is 13.5. The summed E-state index contributed by atoms with van der Waals surface area (Å²) in [5, 5.41) is 17.9. The molecule has 0 radical (unpaired) electrons. The molecule has 0 atom stereocenters. The lowest BCUT2D eigenvalue weighted by Gasteiger charge is -2.23. The van der Waals surface area contributed by atoms with Gasteiger partial charge in [-0.2, -0.15) is 5.26 Å². The third-order valence-electron chi connectivity index (χ3n) is 2.51. The summed E-state index contributed by atoms with van der Waals surface area (Å²) in [5.41, 5.74) is 1.17. The van der Waals surface area contributed by atoms with Crippen LogP contribution in [-0.4, -0.2) is 23.1 Å². The van der Waals surface area contributed by atoms with E-state index in [0.717, 1.165) is 19.6 Å². The van der Waals surface area contributed by atoms with Crippen molar-refractivity contribution in [3.05, 3.63) is 29.8 Å². The van der Waals surface area contributed by atoms with E-state index in [-0.39, 0.29) is 0 Å². The number of phenols is 1. The van der Waals surface area contributed by atoms with Crippen molar-refractivity contribution in [1.29, 1.82) is 5.26 Å². The number of aromatic hydroxyl groups is 1. The Kier molecular flexibility index (Phi) is 5.51. The fourth-order valence-electron chi connectivity index (χ4n) is 1.82. The van der Waals surface area contributed by atoms with Gasteiger partial charge in [0.15, 0.2) is 0 Å². The lowest BCUT2D eigenvalue weighted by Crippen LogP contribution is -2.28. The average molecular weight is 232 g/mol. The SMILES string of the molecule is CC(C)CN(CCC#N)Cc1ccc(O)cc1. The molecule has 0 saturated carbocycles. The van der Waals surface area contributed by atoms with Gasteiger partial charge in [0.2, 0.25) is 0 Å². The molecule has 17 heavy (non-hydrogen) atoms. The maximum atomic E-state index is 9.22. The van der Waals surface area contributed by atoms with E-state index in [1.165, 1.54) is 5.56 Å². The van der Waals surface area contributed by atoms with E-state index < -0.39 is 0 Å². The Morgan fingerprint density at radius 1 is 1.29 bits per heavy atom. The topological polar surface area (TPSA) is 47.3 Å². The highest BCUT2D eigenvalue weighted by Crippen LogP contribution is 2.12. The maximum absolute atomic E-state index is 9.22. The normalized spacial score (nSPS) is 10.8. The summed E-state index contributed by atoms with van der Waals surface area (Å²) in [7, 11) is 0. The quantitative estimate of drug-likeness (QED) is 0.820. The molecule has 1 N–H and O–H groups in total. The van der Waals surface area contributed by atoms with Gasteiger partial charge < -0.3 is 5.11 Å². The molecule has 3 heteroatoms. The van der Waals surface area contributed by atoms with E-state index in [9.17, 15) is 5.11 Å². The minimum absolute atomic E-state index is 0.293. The number of hydrogen-bond donors (Lipinski definition) is 1. The van der Waals surface area contributed by atoms with Gasteiger partial charge in [0.05, 0.1) is 6.07 Å². The van der Waals surface area contributed by atoms with Crippen LogP contribution in [0.5, 0.6) is 5.75 Å². The van der Waals surface area contributed by atoms with Gasteiger partial charge in [-0.25, -0.2) is 0 Å². The summed E-state index contributed by atoms with van der Waals surface area (Å²) in [6.07, 6.45) is 0.560. The first-order chi connectivity index (χ1) is 8.11. The van der Waals surface area contributed by atoms with Crippen LogP contribution < -0.4 is 0 Å². The molecule has 0 saturated heterocycles. The standard InChI is InChI=1S/C14H20N2O/c1-12(2)10-16(9-3-8-15)11-13-4-6-14(17)7-5-13/h4-7,12,17H,3,9-11H2,1-2H3. The Morgan fingerprint density at radius 2 is 1.94 bits per heavy atom. The van der Waals surface area contributed by atoms with Crippen molar-refractivity contribution in [3.8, 4) is 11.8 Å². The Bertz CT molecular complexity index is 365. The van der Waals surface area contributed by atoms with Crippen molar-refractivity contribution in [2.45, 2.75) is 26.8 Å². The Hall–Kier alpha value is -1.53. The summed E-state index contributed by atoms with van der Waals surface area (Å²) in [6.45, 7) is 6.98. The molecular formula is C14H20N2O. The monoisotopic (exact) mass is 232 g/mol. The lowest BCUT2D eigenvalue weighted by atomic mass is 10.1. The van der Waals surface area contributed by atoms with E-state index >= 15 is 0 Å². The highest BCUT2D eigenvalue weighted by atomic mass is 16.3. The van der Waals surface area contributed by atoms with Gasteiger partial charge >= 0.3 is 0 Å². The molecule has 0 unspecified atom stereocenters. The van der Waals surface area contributed by atoms with Crippen LogP contribution in [-0.2, 0) is 6.54 Å². The molecule has 0 amide bonds. The van der Waals surface area contributed by atoms with E-state index in [1.807, 2.05) is 12.1 Å². The van der Waals surface area contributed by atoms with Gasteiger partial charge in [-0.3, -0.25) is 4.90 Å². The summed E-state index contributed by atoms with van der Waals surface area (Å²) < 4.78 is 0. The molecule has 0 heterocycles. The fourth-order valence-corrected chi connectivity index (χ4v) is 1.82. The van der Waals surface area contributed by atoms with E-state index in [1.54, 1.807) is 12.1 Å². The minimum atomic E-state index is 0.293. The van der Waals surface area contributed by atoms with Crippen LogP contribution in [0.1, 0.15) is 25.8 Å². The van der Waals surface area contributed by atoms with Gasteiger partial charge in [0.25, 0.3) is 0 Å². The number of rotatable bonds is 6. The third-order valence-corrected chi connectivity index (χ3v) is 2.51. The van der Waals surface area contributed by atoms with Crippen molar-refractivity contribution in [3.63, 3.8) is 0 Å². The molecule has 1 aromatic rings. The number of nitrogens with zero attached hydrogens (tertiary/aromatic N) is 2. The highest BCUT2D eigenvalue weighted by Gasteiger charge is 2.07. The lowest BCUT2D eigenvalue weighted by molar-refractivity contribution is 0.241. The molecule has 0 aliphatic rings. The first-order valence-corrected chi connectivity index (χ1v) is 5.99. The zero-order chi connectivity index (χ0) is 12.7. The highest BCUT2D eigenvalue weighted by molar-refractivity contribution is 5.25. The molecule has 1 aromatic carbocycles. The molecule has 0 fully saturated rings. The predicted molar refractivity (Wildman–Crippen MR) is 68.5 cm³/mol.